The van der Waals surface area contributed by atoms with E-state index in [-0.39, 0.29) is 8.59 Å². The molecule has 0 aromatic heterocycles. The smallest absolute Gasteiger partial charge is 0.156 e. The van der Waals surface area contributed by atoms with Crippen LogP contribution in [0, 0.1) is 20.7 Å². The molecule has 0 aliphatic rings. The fraction of sp³-hybridized carbons (Fsp3) is 0. The van der Waals surface area contributed by atoms with E-state index in [0.717, 1.165) is 0 Å². The summed E-state index contributed by atoms with van der Waals surface area (Å²) in [5.74, 6) is -0.522. The van der Waals surface area contributed by atoms with Crippen molar-refractivity contribution in [2.75, 3.05) is 0 Å². The number of rotatable bonds is 0. The van der Waals surface area contributed by atoms with Crippen molar-refractivity contribution < 1.29 is 4.39 Å². The molecule has 0 heterocycles. The Morgan fingerprint density at radius 3 is 2.73 bits per heavy atom. The van der Waals surface area contributed by atoms with Gasteiger partial charge in [-0.05, 0) is 34.7 Å². The molecule has 1 aromatic rings. The van der Waals surface area contributed by atoms with E-state index >= 15 is 0 Å². The average Bonchev–Trinajstić information content (AvgIpc) is 2.01. The van der Waals surface area contributed by atoms with Gasteiger partial charge >= 0.3 is 0 Å². The Hall–Kier alpha value is -0.340. The maximum atomic E-state index is 12.9. The van der Waals surface area contributed by atoms with Crippen molar-refractivity contribution in [3.05, 3.63) is 32.1 Å². The van der Waals surface area contributed by atoms with Crippen LogP contribution in [0.4, 0.5) is 4.39 Å². The number of hydrogen-bond donors (Lipinski definition) is 0. The Balaban J connectivity index is 3.40. The molecule has 1 rings (SSSR count). The van der Waals surface area contributed by atoms with E-state index in [4.69, 9.17) is 16.9 Å². The van der Waals surface area contributed by atoms with Crippen molar-refractivity contribution in [2.45, 2.75) is 0 Å². The average molecular weight is 281 g/mol. The van der Waals surface area contributed by atoms with Gasteiger partial charge in [-0.25, -0.2) is 4.39 Å². The topological polar surface area (TPSA) is 23.8 Å². The molecule has 1 aromatic carbocycles. The van der Waals surface area contributed by atoms with E-state index in [2.05, 4.69) is 0 Å². The minimum absolute atomic E-state index is 0.0494. The van der Waals surface area contributed by atoms with E-state index < -0.39 is 5.82 Å². The van der Waals surface area contributed by atoms with Crippen LogP contribution in [0.5, 0.6) is 0 Å². The van der Waals surface area contributed by atoms with Gasteiger partial charge in [-0.2, -0.15) is 5.26 Å². The standard InChI is InChI=1S/C7H2ClFIN/c8-5-2-1-4(3-11)7(10)6(5)9/h1-2H. The first-order chi connectivity index (χ1) is 5.16. The zero-order valence-corrected chi connectivity index (χ0v) is 8.15. The zero-order valence-electron chi connectivity index (χ0n) is 5.24. The number of benzene rings is 1. The molecule has 11 heavy (non-hydrogen) atoms. The highest BCUT2D eigenvalue weighted by Gasteiger charge is 2.08. The summed E-state index contributed by atoms with van der Waals surface area (Å²) in [6.45, 7) is 0. The molecule has 0 fully saturated rings. The number of nitrogens with zero attached hydrogens (tertiary/aromatic N) is 1. The summed E-state index contributed by atoms with van der Waals surface area (Å²) >= 11 is 7.20. The van der Waals surface area contributed by atoms with Crippen LogP contribution < -0.4 is 0 Å². The molecule has 0 radical (unpaired) electrons. The molecule has 1 nitrogen and oxygen atoms in total. The first-order valence-electron chi connectivity index (χ1n) is 2.70. The molecule has 0 amide bonds. The third kappa shape index (κ3) is 1.63. The Bertz CT molecular complexity index is 332. The fourth-order valence-corrected chi connectivity index (χ4v) is 1.52. The normalized spacial score (nSPS) is 9.27. The summed E-state index contributed by atoms with van der Waals surface area (Å²) in [5.41, 5.74) is 0.313. The van der Waals surface area contributed by atoms with Crippen molar-refractivity contribution in [3.8, 4) is 6.07 Å². The monoisotopic (exact) mass is 281 g/mol. The minimum atomic E-state index is -0.522. The van der Waals surface area contributed by atoms with E-state index in [1.807, 2.05) is 6.07 Å². The van der Waals surface area contributed by atoms with Crippen LogP contribution >= 0.6 is 34.2 Å². The predicted molar refractivity (Wildman–Crippen MR) is 48.8 cm³/mol. The quantitative estimate of drug-likeness (QED) is 0.530. The van der Waals surface area contributed by atoms with Crippen molar-refractivity contribution in [3.63, 3.8) is 0 Å². The molecule has 0 saturated carbocycles. The van der Waals surface area contributed by atoms with Crippen molar-refractivity contribution in [1.82, 2.24) is 0 Å². The van der Waals surface area contributed by atoms with Crippen molar-refractivity contribution >= 4 is 34.2 Å². The van der Waals surface area contributed by atoms with E-state index in [1.54, 1.807) is 22.6 Å². The third-order valence-corrected chi connectivity index (χ3v) is 2.50. The highest BCUT2D eigenvalue weighted by atomic mass is 127. The number of hydrogen-bond acceptors (Lipinski definition) is 1. The van der Waals surface area contributed by atoms with Crippen LogP contribution in [0.2, 0.25) is 5.02 Å². The van der Waals surface area contributed by atoms with E-state index in [9.17, 15) is 4.39 Å². The van der Waals surface area contributed by atoms with Gasteiger partial charge in [0.25, 0.3) is 0 Å². The SMILES string of the molecule is N#Cc1ccc(Cl)c(F)c1I. The lowest BCUT2D eigenvalue weighted by molar-refractivity contribution is 0.620. The summed E-state index contributed by atoms with van der Waals surface area (Å²) in [6, 6.07) is 4.72. The first-order valence-corrected chi connectivity index (χ1v) is 4.16. The number of nitriles is 1. The molecule has 0 aliphatic heterocycles. The second-order valence-electron chi connectivity index (χ2n) is 1.83. The van der Waals surface area contributed by atoms with Crippen LogP contribution in [0.3, 0.4) is 0 Å². The molecule has 0 atom stereocenters. The maximum absolute atomic E-state index is 12.9. The van der Waals surface area contributed by atoms with Gasteiger partial charge in [0.1, 0.15) is 6.07 Å². The Morgan fingerprint density at radius 1 is 1.55 bits per heavy atom. The maximum Gasteiger partial charge on any atom is 0.156 e. The van der Waals surface area contributed by atoms with Gasteiger partial charge in [-0.3, -0.25) is 0 Å². The predicted octanol–water partition coefficient (Wildman–Crippen LogP) is 2.96. The molecular formula is C7H2ClFIN. The third-order valence-electron chi connectivity index (χ3n) is 1.16. The van der Waals surface area contributed by atoms with Crippen molar-refractivity contribution in [2.24, 2.45) is 0 Å². The molecular weight excluding hydrogens is 279 g/mol. The van der Waals surface area contributed by atoms with Crippen molar-refractivity contribution in [1.29, 1.82) is 5.26 Å². The van der Waals surface area contributed by atoms with Crippen LogP contribution in [0.15, 0.2) is 12.1 Å². The van der Waals surface area contributed by atoms with Gasteiger partial charge in [0.2, 0.25) is 0 Å². The summed E-state index contributed by atoms with van der Waals surface area (Å²) < 4.78 is 13.2. The highest BCUT2D eigenvalue weighted by Crippen LogP contribution is 2.22. The highest BCUT2D eigenvalue weighted by molar-refractivity contribution is 14.1. The Labute approximate surface area is 81.9 Å². The van der Waals surface area contributed by atoms with Gasteiger partial charge in [0.15, 0.2) is 5.82 Å². The van der Waals surface area contributed by atoms with E-state index in [0.29, 0.717) is 5.56 Å². The lowest BCUT2D eigenvalue weighted by Gasteiger charge is -1.97. The van der Waals surface area contributed by atoms with Crippen LogP contribution in [-0.2, 0) is 0 Å². The van der Waals surface area contributed by atoms with Crippen LogP contribution in [-0.4, -0.2) is 0 Å². The largest absolute Gasteiger partial charge is 0.204 e. The molecule has 0 aliphatic carbocycles. The Kier molecular flexibility index (Phi) is 2.68. The molecule has 0 bridgehead atoms. The van der Waals surface area contributed by atoms with Gasteiger partial charge in [-0.1, -0.05) is 11.6 Å². The van der Waals surface area contributed by atoms with Gasteiger partial charge in [0, 0.05) is 0 Å². The second kappa shape index (κ2) is 3.37. The molecule has 0 spiro atoms. The zero-order chi connectivity index (χ0) is 8.43. The first kappa shape index (κ1) is 8.75. The van der Waals surface area contributed by atoms with Crippen LogP contribution in [0.1, 0.15) is 5.56 Å². The molecule has 0 saturated heterocycles. The summed E-state index contributed by atoms with van der Waals surface area (Å²) in [4.78, 5) is 0. The summed E-state index contributed by atoms with van der Waals surface area (Å²) in [7, 11) is 0. The van der Waals surface area contributed by atoms with E-state index in [1.165, 1.54) is 12.1 Å². The van der Waals surface area contributed by atoms with Gasteiger partial charge in [0.05, 0.1) is 14.2 Å². The summed E-state index contributed by atoms with van der Waals surface area (Å²) in [6.07, 6.45) is 0. The summed E-state index contributed by atoms with van der Waals surface area (Å²) in [5, 5.41) is 8.52. The van der Waals surface area contributed by atoms with Gasteiger partial charge in [-0.15, -0.1) is 0 Å². The lowest BCUT2D eigenvalue weighted by Crippen LogP contribution is -1.87. The minimum Gasteiger partial charge on any atom is -0.204 e. The fourth-order valence-electron chi connectivity index (χ4n) is 0.612. The molecule has 0 N–H and O–H groups in total. The Morgan fingerprint density at radius 2 is 2.18 bits per heavy atom. The lowest BCUT2D eigenvalue weighted by atomic mass is 10.2. The molecule has 56 valence electrons. The molecule has 4 heteroatoms. The van der Waals surface area contributed by atoms with Gasteiger partial charge < -0.3 is 0 Å². The second-order valence-corrected chi connectivity index (χ2v) is 3.32. The molecule has 0 unspecified atom stereocenters. The number of halogens is 3. The van der Waals surface area contributed by atoms with Crippen LogP contribution in [0.25, 0.3) is 0 Å².